The SMILES string of the molecule is CC(=O)O[C@H]1CC[C@]2(C)[C@H]3CC[C@@H]4[C@@H]([C@@](C)(O)C/C=C/C(C)(C)OO)CC[C@@]4(C)[C@]3(C)CC[C@H]2C1(C)C. The van der Waals surface area contributed by atoms with E-state index in [2.05, 4.69) is 39.5 Å². The summed E-state index contributed by atoms with van der Waals surface area (Å²) in [6.07, 6.45) is 13.6. The lowest BCUT2D eigenvalue weighted by atomic mass is 9.35. The summed E-state index contributed by atoms with van der Waals surface area (Å²) in [5.74, 6) is 1.86. The Morgan fingerprint density at radius 1 is 0.919 bits per heavy atom. The zero-order valence-electron chi connectivity index (χ0n) is 25.0. The predicted molar refractivity (Wildman–Crippen MR) is 147 cm³/mol. The maximum Gasteiger partial charge on any atom is 0.302 e. The van der Waals surface area contributed by atoms with Crippen LogP contribution in [0.4, 0.5) is 0 Å². The summed E-state index contributed by atoms with van der Waals surface area (Å²) in [6, 6.07) is 0. The predicted octanol–water partition coefficient (Wildman–Crippen LogP) is 7.57. The van der Waals surface area contributed by atoms with Crippen LogP contribution in [0.15, 0.2) is 12.2 Å². The minimum Gasteiger partial charge on any atom is -0.462 e. The van der Waals surface area contributed by atoms with Crippen LogP contribution in [0.5, 0.6) is 0 Å². The first-order valence-corrected chi connectivity index (χ1v) is 14.8. The molecule has 0 heterocycles. The molecule has 4 saturated carbocycles. The van der Waals surface area contributed by atoms with Gasteiger partial charge in [0.2, 0.25) is 0 Å². The molecule has 4 rings (SSSR count). The lowest BCUT2D eigenvalue weighted by molar-refractivity contribution is -0.297. The normalized spacial score (nSPS) is 45.0. The highest BCUT2D eigenvalue weighted by atomic mass is 17.1. The van der Waals surface area contributed by atoms with Gasteiger partial charge in [0, 0.05) is 12.3 Å². The molecule has 0 spiro atoms. The van der Waals surface area contributed by atoms with Crippen molar-refractivity contribution >= 4 is 5.97 Å². The summed E-state index contributed by atoms with van der Waals surface area (Å²) < 4.78 is 5.87. The van der Waals surface area contributed by atoms with Crippen molar-refractivity contribution < 1.29 is 24.8 Å². The number of hydrogen-bond donors (Lipinski definition) is 2. The first-order chi connectivity index (χ1) is 16.9. The van der Waals surface area contributed by atoms with E-state index < -0.39 is 11.2 Å². The zero-order valence-corrected chi connectivity index (χ0v) is 25.0. The number of esters is 1. The van der Waals surface area contributed by atoms with Crippen molar-refractivity contribution in [2.45, 2.75) is 137 Å². The molecule has 0 amide bonds. The Morgan fingerprint density at radius 2 is 1.57 bits per heavy atom. The van der Waals surface area contributed by atoms with E-state index in [4.69, 9.17) is 9.99 Å². The number of fused-ring (bicyclic) bond motifs is 5. The molecule has 4 fully saturated rings. The summed E-state index contributed by atoms with van der Waals surface area (Å²) >= 11 is 0. The average Bonchev–Trinajstić information content (AvgIpc) is 3.14. The van der Waals surface area contributed by atoms with Crippen LogP contribution in [0.1, 0.15) is 120 Å². The zero-order chi connectivity index (χ0) is 27.7. The Hall–Kier alpha value is -0.910. The van der Waals surface area contributed by atoms with Crippen LogP contribution >= 0.6 is 0 Å². The topological polar surface area (TPSA) is 76.0 Å². The molecule has 2 N–H and O–H groups in total. The molecule has 212 valence electrons. The summed E-state index contributed by atoms with van der Waals surface area (Å²) in [7, 11) is 0. The summed E-state index contributed by atoms with van der Waals surface area (Å²) in [5.41, 5.74) is -0.828. The highest BCUT2D eigenvalue weighted by Gasteiger charge is 2.69. The van der Waals surface area contributed by atoms with Crippen molar-refractivity contribution in [2.75, 3.05) is 0 Å². The highest BCUT2D eigenvalue weighted by Crippen LogP contribution is 2.75. The second-order valence-corrected chi connectivity index (χ2v) is 15.4. The van der Waals surface area contributed by atoms with Gasteiger partial charge in [0.15, 0.2) is 0 Å². The quantitative estimate of drug-likeness (QED) is 0.164. The smallest absolute Gasteiger partial charge is 0.302 e. The molecular formula is C32H54O5. The van der Waals surface area contributed by atoms with Crippen molar-refractivity contribution in [1.82, 2.24) is 0 Å². The second-order valence-electron chi connectivity index (χ2n) is 15.4. The fourth-order valence-corrected chi connectivity index (χ4v) is 10.6. The molecule has 37 heavy (non-hydrogen) atoms. The molecule has 0 saturated heterocycles. The van der Waals surface area contributed by atoms with E-state index >= 15 is 0 Å². The van der Waals surface area contributed by atoms with Gasteiger partial charge in [-0.3, -0.25) is 10.1 Å². The molecule has 0 radical (unpaired) electrons. The fraction of sp³-hybridized carbons (Fsp3) is 0.906. The summed E-state index contributed by atoms with van der Waals surface area (Å²) in [5, 5.41) is 20.8. The molecule has 0 aliphatic heterocycles. The third-order valence-corrected chi connectivity index (χ3v) is 12.7. The van der Waals surface area contributed by atoms with Gasteiger partial charge >= 0.3 is 5.97 Å². The van der Waals surface area contributed by atoms with Crippen molar-refractivity contribution in [3.05, 3.63) is 12.2 Å². The number of hydrogen-bond acceptors (Lipinski definition) is 5. The van der Waals surface area contributed by atoms with Crippen LogP contribution in [-0.2, 0) is 14.4 Å². The average molecular weight is 519 g/mol. The van der Waals surface area contributed by atoms with E-state index in [1.54, 1.807) is 6.92 Å². The number of carbonyl (C=O) groups excluding carboxylic acids is 1. The van der Waals surface area contributed by atoms with Gasteiger partial charge in [-0.25, -0.2) is 4.89 Å². The minimum atomic E-state index is -0.779. The van der Waals surface area contributed by atoms with Crippen LogP contribution < -0.4 is 0 Å². The Kier molecular flexibility index (Phi) is 7.34. The minimum absolute atomic E-state index is 0.0135. The van der Waals surface area contributed by atoms with Crippen LogP contribution in [0.3, 0.4) is 0 Å². The van der Waals surface area contributed by atoms with Gasteiger partial charge < -0.3 is 9.84 Å². The molecule has 0 aromatic rings. The third kappa shape index (κ3) is 4.53. The Labute approximate surface area is 225 Å². The first-order valence-electron chi connectivity index (χ1n) is 14.8. The van der Waals surface area contributed by atoms with Gasteiger partial charge in [-0.1, -0.05) is 46.8 Å². The molecule has 4 aliphatic carbocycles. The monoisotopic (exact) mass is 518 g/mol. The van der Waals surface area contributed by atoms with E-state index in [-0.39, 0.29) is 39.7 Å². The van der Waals surface area contributed by atoms with E-state index in [9.17, 15) is 9.90 Å². The lowest BCUT2D eigenvalue weighted by Gasteiger charge is -2.70. The van der Waals surface area contributed by atoms with Crippen molar-refractivity contribution in [2.24, 2.45) is 45.3 Å². The standard InChI is InChI=1S/C32H54O5/c1-21(33)36-26-15-18-29(6)24(28(26,4)5)14-20-31(8)25(29)12-11-22-23(13-19-30(22,31)7)32(9,34)17-10-16-27(2,3)37-35/h10,16,22-26,34-35H,11-15,17-20H2,1-9H3/b16-10+/t22-,23+,24+,25-,26+,29+,30-,31-,32+/m1/s1. The van der Waals surface area contributed by atoms with Gasteiger partial charge in [-0.05, 0) is 118 Å². The van der Waals surface area contributed by atoms with Gasteiger partial charge in [0.05, 0.1) is 5.60 Å². The summed E-state index contributed by atoms with van der Waals surface area (Å²) in [4.78, 5) is 16.4. The van der Waals surface area contributed by atoms with Crippen molar-refractivity contribution in [3.8, 4) is 0 Å². The molecule has 5 heteroatoms. The molecule has 0 bridgehead atoms. The van der Waals surface area contributed by atoms with Crippen LogP contribution in [-0.4, -0.2) is 33.6 Å². The van der Waals surface area contributed by atoms with Crippen molar-refractivity contribution in [1.29, 1.82) is 0 Å². The number of carbonyl (C=O) groups is 1. The largest absolute Gasteiger partial charge is 0.462 e. The van der Waals surface area contributed by atoms with Crippen LogP contribution in [0.2, 0.25) is 0 Å². The molecule has 4 aliphatic rings. The molecule has 0 unspecified atom stereocenters. The number of aliphatic hydroxyl groups is 1. The maximum atomic E-state index is 11.9. The third-order valence-electron chi connectivity index (χ3n) is 12.7. The van der Waals surface area contributed by atoms with E-state index in [1.807, 2.05) is 32.9 Å². The maximum absolute atomic E-state index is 11.9. The van der Waals surface area contributed by atoms with E-state index in [0.29, 0.717) is 24.2 Å². The molecule has 9 atom stereocenters. The van der Waals surface area contributed by atoms with Gasteiger partial charge in [0.25, 0.3) is 0 Å². The Morgan fingerprint density at radius 3 is 2.19 bits per heavy atom. The number of ether oxygens (including phenoxy) is 1. The Bertz CT molecular complexity index is 905. The van der Waals surface area contributed by atoms with Gasteiger partial charge in [0.1, 0.15) is 11.7 Å². The van der Waals surface area contributed by atoms with Crippen LogP contribution in [0.25, 0.3) is 0 Å². The molecule has 0 aromatic heterocycles. The van der Waals surface area contributed by atoms with Gasteiger partial charge in [-0.15, -0.1) is 0 Å². The summed E-state index contributed by atoms with van der Waals surface area (Å²) in [6.45, 7) is 19.6. The lowest BCUT2D eigenvalue weighted by Crippen LogP contribution is -2.64. The fourth-order valence-electron chi connectivity index (χ4n) is 10.6. The van der Waals surface area contributed by atoms with E-state index in [1.165, 1.54) is 32.1 Å². The first kappa shape index (κ1) is 29.1. The highest BCUT2D eigenvalue weighted by molar-refractivity contribution is 5.66. The molecule has 0 aromatic carbocycles. The van der Waals surface area contributed by atoms with Crippen LogP contribution in [0, 0.1) is 45.3 Å². The molecular weight excluding hydrogens is 464 g/mol. The molecule has 5 nitrogen and oxygen atoms in total. The number of rotatable bonds is 6. The van der Waals surface area contributed by atoms with E-state index in [0.717, 1.165) is 19.3 Å². The van der Waals surface area contributed by atoms with Gasteiger partial charge in [-0.2, -0.15) is 0 Å². The van der Waals surface area contributed by atoms with Crippen molar-refractivity contribution in [3.63, 3.8) is 0 Å². The Balaban J connectivity index is 1.58. The second kappa shape index (κ2) is 9.34.